The minimum Gasteiger partial charge on any atom is -0.487 e. The number of aromatic nitrogens is 4. The number of rotatable bonds is 6. The first-order valence-electron chi connectivity index (χ1n) is 17.0. The molecule has 274 valence electrons. The van der Waals surface area contributed by atoms with Crippen LogP contribution in [0.3, 0.4) is 0 Å². The Bertz CT molecular complexity index is 1690. The number of hydrogen-bond donors (Lipinski definition) is 2. The molecule has 0 saturated heterocycles. The predicted octanol–water partition coefficient (Wildman–Crippen LogP) is 10.4. The summed E-state index contributed by atoms with van der Waals surface area (Å²) in [5.41, 5.74) is 7.91. The Hall–Kier alpha value is -2.48. The third kappa shape index (κ3) is 12.3. The van der Waals surface area contributed by atoms with Crippen LogP contribution in [-0.4, -0.2) is 59.6 Å². The fourth-order valence-corrected chi connectivity index (χ4v) is 5.22. The van der Waals surface area contributed by atoms with Gasteiger partial charge in [-0.05, 0) is 52.7 Å². The normalized spacial score (nSPS) is 13.0. The molecular formula is C41H57N4O4WY. The monoisotopic (exact) mass is 942 g/mol. The van der Waals surface area contributed by atoms with Crippen molar-refractivity contribution in [2.24, 2.45) is 5.92 Å². The molecule has 5 aromatic rings. The summed E-state index contributed by atoms with van der Waals surface area (Å²) in [5.74, 6) is 4.11. The second-order valence-corrected chi connectivity index (χ2v) is 11.2. The Labute approximate surface area is 346 Å². The minimum absolute atomic E-state index is 0. The van der Waals surface area contributed by atoms with Gasteiger partial charge in [-0.1, -0.05) is 78.8 Å². The van der Waals surface area contributed by atoms with E-state index in [0.717, 1.165) is 56.2 Å². The molecule has 0 fully saturated rings. The second kappa shape index (κ2) is 24.7. The maximum atomic E-state index is 6.45. The van der Waals surface area contributed by atoms with Crippen LogP contribution < -0.4 is 9.47 Å². The SMILES string of the molecule is CC.CC.C[CH-]c1nc2ccc(-c3ccc(-c4ccc(-c5cnc([C@H](C)C(C)C)[nH]5)cc4)c4c3OCCOCCOCCO4)cc2[nH]1.[CH3-].[CH3-].[W].[Y+3]. The van der Waals surface area contributed by atoms with Gasteiger partial charge in [-0.3, -0.25) is 4.98 Å². The molecule has 0 bridgehead atoms. The molecule has 0 unspecified atom stereocenters. The molecule has 0 saturated carbocycles. The first-order chi connectivity index (χ1) is 23.0. The molecule has 10 heteroatoms. The average molecular weight is 943 g/mol. The number of aromatic amines is 2. The Morgan fingerprint density at radius 3 is 1.75 bits per heavy atom. The summed E-state index contributed by atoms with van der Waals surface area (Å²) in [6, 6.07) is 18.9. The molecule has 2 N–H and O–H groups in total. The number of fused-ring (bicyclic) bond motifs is 2. The van der Waals surface area contributed by atoms with Gasteiger partial charge in [-0.25, -0.2) is 4.98 Å². The molecule has 51 heavy (non-hydrogen) atoms. The molecule has 0 amide bonds. The summed E-state index contributed by atoms with van der Waals surface area (Å²) in [4.78, 5) is 16.2. The molecule has 1 aliphatic heterocycles. The van der Waals surface area contributed by atoms with Crippen molar-refractivity contribution in [2.75, 3.05) is 39.6 Å². The van der Waals surface area contributed by atoms with Crippen molar-refractivity contribution in [3.05, 3.63) is 93.7 Å². The molecule has 1 aliphatic rings. The minimum atomic E-state index is 0. The van der Waals surface area contributed by atoms with Gasteiger partial charge in [-0.15, -0.1) is 0 Å². The Morgan fingerprint density at radius 1 is 0.686 bits per heavy atom. The van der Waals surface area contributed by atoms with Crippen molar-refractivity contribution in [3.8, 4) is 45.0 Å². The van der Waals surface area contributed by atoms with E-state index in [1.54, 1.807) is 0 Å². The van der Waals surface area contributed by atoms with Crippen molar-refractivity contribution in [1.29, 1.82) is 0 Å². The second-order valence-electron chi connectivity index (χ2n) is 11.2. The summed E-state index contributed by atoms with van der Waals surface area (Å²) < 4.78 is 24.4. The van der Waals surface area contributed by atoms with Gasteiger partial charge in [0.25, 0.3) is 0 Å². The van der Waals surface area contributed by atoms with Gasteiger partial charge in [0.15, 0.2) is 11.5 Å². The molecule has 1 atom stereocenters. The van der Waals surface area contributed by atoms with Gasteiger partial charge in [-0.2, -0.15) is 6.92 Å². The number of ether oxygens (including phenoxy) is 4. The van der Waals surface area contributed by atoms with E-state index in [9.17, 15) is 0 Å². The summed E-state index contributed by atoms with van der Waals surface area (Å²) in [6.45, 7) is 19.4. The Kier molecular flexibility index (Phi) is 23.5. The third-order valence-electron chi connectivity index (χ3n) is 8.05. The topological polar surface area (TPSA) is 94.3 Å². The van der Waals surface area contributed by atoms with Gasteiger partial charge in [0.05, 0.1) is 49.4 Å². The van der Waals surface area contributed by atoms with Crippen LogP contribution in [0.25, 0.3) is 44.5 Å². The van der Waals surface area contributed by atoms with Crippen molar-refractivity contribution in [3.63, 3.8) is 0 Å². The summed E-state index contributed by atoms with van der Waals surface area (Å²) >= 11 is 0. The van der Waals surface area contributed by atoms with E-state index in [0.29, 0.717) is 63.0 Å². The molecular weight excluding hydrogens is 885 g/mol. The molecule has 8 nitrogen and oxygen atoms in total. The van der Waals surface area contributed by atoms with Gasteiger partial charge < -0.3 is 50.2 Å². The maximum Gasteiger partial charge on any atom is 3.00 e. The quantitative estimate of drug-likeness (QED) is 0.165. The van der Waals surface area contributed by atoms with Gasteiger partial charge >= 0.3 is 32.7 Å². The zero-order valence-corrected chi connectivity index (χ0v) is 38.0. The van der Waals surface area contributed by atoms with E-state index < -0.39 is 0 Å². The van der Waals surface area contributed by atoms with Crippen LogP contribution in [0.1, 0.15) is 73.0 Å². The van der Waals surface area contributed by atoms with E-state index in [1.807, 2.05) is 53.3 Å². The van der Waals surface area contributed by atoms with E-state index in [1.165, 1.54) is 0 Å². The molecule has 3 aromatic carbocycles. The summed E-state index contributed by atoms with van der Waals surface area (Å²) in [7, 11) is 0. The summed E-state index contributed by atoms with van der Waals surface area (Å²) in [5, 5.41) is 0. The standard InChI is InChI=1S/C35H39N4O4.2C2H6.2CH3.W.Y/c1-5-32-37-29-13-10-26(20-30(29)38-32)28-12-11-27(33-34(28)43-19-17-41-15-14-40-16-18-42-33)24-6-8-25(9-7-24)31-21-36-35(39-31)23(4)22(2)3;2*1-2;;;;/h5-13,20-23H,14-19H2,1-4H3,(H,36,39)(H,37,38);2*1-2H3;2*1H3;;/q-1;;;2*-1;;+3/t23-;;;;;;/m1....../s1. The number of imidazole rings is 2. The number of benzene rings is 3. The molecule has 0 aliphatic carbocycles. The summed E-state index contributed by atoms with van der Waals surface area (Å²) in [6.07, 6.45) is 3.88. The van der Waals surface area contributed by atoms with Crippen LogP contribution in [0.15, 0.2) is 60.8 Å². The molecule has 0 spiro atoms. The van der Waals surface area contributed by atoms with Crippen LogP contribution in [0.4, 0.5) is 0 Å². The van der Waals surface area contributed by atoms with Crippen LogP contribution in [0.5, 0.6) is 11.5 Å². The largest absolute Gasteiger partial charge is 3.00 e. The third-order valence-corrected chi connectivity index (χ3v) is 8.05. The number of nitrogens with zero attached hydrogens (tertiary/aromatic N) is 2. The van der Waals surface area contributed by atoms with Crippen molar-refractivity contribution >= 4 is 11.0 Å². The van der Waals surface area contributed by atoms with Gasteiger partial charge in [0.2, 0.25) is 0 Å². The zero-order valence-electron chi connectivity index (χ0n) is 32.3. The fraction of sp³-hybridized carbons (Fsp3) is 0.390. The maximum absolute atomic E-state index is 6.45. The van der Waals surface area contributed by atoms with Crippen LogP contribution in [-0.2, 0) is 63.2 Å². The predicted molar refractivity (Wildman–Crippen MR) is 205 cm³/mol. The number of hydrogen-bond acceptors (Lipinski definition) is 6. The van der Waals surface area contributed by atoms with Gasteiger partial charge in [0, 0.05) is 38.1 Å². The van der Waals surface area contributed by atoms with E-state index in [2.05, 4.69) is 89.2 Å². The van der Waals surface area contributed by atoms with E-state index in [-0.39, 0.29) is 68.6 Å². The van der Waals surface area contributed by atoms with Crippen molar-refractivity contribution in [1.82, 2.24) is 19.9 Å². The molecule has 3 heterocycles. The van der Waals surface area contributed by atoms with Crippen molar-refractivity contribution < 1.29 is 72.7 Å². The van der Waals surface area contributed by atoms with Crippen LogP contribution in [0.2, 0.25) is 0 Å². The fourth-order valence-electron chi connectivity index (χ4n) is 5.22. The van der Waals surface area contributed by atoms with Gasteiger partial charge in [0.1, 0.15) is 19.0 Å². The number of nitrogens with one attached hydrogen (secondary N) is 2. The van der Waals surface area contributed by atoms with Crippen LogP contribution >= 0.6 is 0 Å². The smallest absolute Gasteiger partial charge is 0.487 e. The number of H-pyrrole nitrogens is 2. The van der Waals surface area contributed by atoms with Crippen LogP contribution in [0, 0.1) is 27.2 Å². The van der Waals surface area contributed by atoms with Crippen molar-refractivity contribution in [2.45, 2.75) is 61.3 Å². The Balaban J connectivity index is 0.00000302. The first kappa shape index (κ1) is 48.5. The molecule has 6 rings (SSSR count). The average Bonchev–Trinajstić information content (AvgIpc) is 3.77. The first-order valence-corrected chi connectivity index (χ1v) is 17.0. The van der Waals surface area contributed by atoms with E-state index in [4.69, 9.17) is 18.9 Å². The molecule has 0 radical (unpaired) electrons. The van der Waals surface area contributed by atoms with E-state index >= 15 is 0 Å². The zero-order chi connectivity index (χ0) is 33.8. The Morgan fingerprint density at radius 2 is 1.20 bits per heavy atom. The molecule has 2 aromatic heterocycles.